The highest BCUT2D eigenvalue weighted by molar-refractivity contribution is 6.19. The van der Waals surface area contributed by atoms with E-state index in [4.69, 9.17) is 5.26 Å². The van der Waals surface area contributed by atoms with Gasteiger partial charge in [-0.25, -0.2) is 0 Å². The third-order valence-corrected chi connectivity index (χ3v) is 1.57. The molecule has 0 aliphatic heterocycles. The van der Waals surface area contributed by atoms with Crippen molar-refractivity contribution in [2.75, 3.05) is 0 Å². The lowest BCUT2D eigenvalue weighted by atomic mass is 10.1. The fraction of sp³-hybridized carbons (Fsp3) is 0. The largest absolute Gasteiger partial charge is 0.268 e. The number of hydrogen-bond donors (Lipinski definition) is 1. The number of rotatable bonds is 2. The van der Waals surface area contributed by atoms with E-state index in [0.717, 1.165) is 5.56 Å². The molecule has 1 aromatic carbocycles. The smallest absolute Gasteiger partial charge is 0.264 e. The van der Waals surface area contributed by atoms with Gasteiger partial charge in [0.2, 0.25) is 0 Å². The summed E-state index contributed by atoms with van der Waals surface area (Å²) in [6.45, 7) is 3.58. The van der Waals surface area contributed by atoms with Crippen LogP contribution in [0.1, 0.15) is 5.56 Å². The van der Waals surface area contributed by atoms with Crippen LogP contribution in [0.5, 0.6) is 0 Å². The van der Waals surface area contributed by atoms with Crippen molar-refractivity contribution in [1.82, 2.24) is 5.32 Å². The van der Waals surface area contributed by atoms with Crippen molar-refractivity contribution in [3.63, 3.8) is 0 Å². The molecule has 0 fully saturated rings. The van der Waals surface area contributed by atoms with Gasteiger partial charge in [-0.05, 0) is 5.56 Å². The number of nitrogens with zero attached hydrogens (tertiary/aromatic N) is 1. The van der Waals surface area contributed by atoms with Gasteiger partial charge in [-0.1, -0.05) is 36.9 Å². The molecule has 1 N–H and O–H groups in total. The number of carbonyl (C=O) groups is 1. The Labute approximate surface area is 76.3 Å². The number of nitriles is 1. The molecule has 0 radical (unpaired) electrons. The predicted molar refractivity (Wildman–Crippen MR) is 49.2 cm³/mol. The molecule has 3 heteroatoms. The molecular formula is C10H8N2O. The maximum Gasteiger partial charge on any atom is 0.264 e. The van der Waals surface area contributed by atoms with E-state index in [1.165, 1.54) is 0 Å². The summed E-state index contributed by atoms with van der Waals surface area (Å²) in [4.78, 5) is 11.1. The SMILES string of the molecule is C=C(C(=O)NC#N)c1ccccc1. The highest BCUT2D eigenvalue weighted by Gasteiger charge is 2.06. The minimum atomic E-state index is -0.464. The van der Waals surface area contributed by atoms with Gasteiger partial charge in [0.25, 0.3) is 5.91 Å². The molecule has 3 nitrogen and oxygen atoms in total. The zero-order chi connectivity index (χ0) is 9.68. The molecule has 0 aromatic heterocycles. The van der Waals surface area contributed by atoms with Crippen LogP contribution in [0.3, 0.4) is 0 Å². The van der Waals surface area contributed by atoms with Gasteiger partial charge in [0.05, 0.1) is 0 Å². The zero-order valence-corrected chi connectivity index (χ0v) is 6.95. The Morgan fingerprint density at radius 1 is 1.38 bits per heavy atom. The first-order valence-electron chi connectivity index (χ1n) is 3.69. The van der Waals surface area contributed by atoms with Crippen LogP contribution in [0.2, 0.25) is 0 Å². The van der Waals surface area contributed by atoms with E-state index >= 15 is 0 Å². The second-order valence-electron chi connectivity index (χ2n) is 2.41. The molecule has 64 valence electrons. The predicted octanol–water partition coefficient (Wildman–Crippen LogP) is 1.30. The van der Waals surface area contributed by atoms with Crippen LogP contribution in [0.15, 0.2) is 36.9 Å². The maximum atomic E-state index is 11.1. The van der Waals surface area contributed by atoms with Crippen molar-refractivity contribution < 1.29 is 4.79 Å². The highest BCUT2D eigenvalue weighted by Crippen LogP contribution is 2.10. The Hall–Kier alpha value is -2.08. The van der Waals surface area contributed by atoms with Crippen molar-refractivity contribution in [1.29, 1.82) is 5.26 Å². The monoisotopic (exact) mass is 172 g/mol. The van der Waals surface area contributed by atoms with Crippen LogP contribution in [0.4, 0.5) is 0 Å². The first kappa shape index (κ1) is 9.01. The summed E-state index contributed by atoms with van der Waals surface area (Å²) in [6, 6.07) is 8.98. The summed E-state index contributed by atoms with van der Waals surface area (Å²) in [6.07, 6.45) is 1.56. The molecule has 0 atom stereocenters. The minimum absolute atomic E-state index is 0.294. The standard InChI is InChI=1S/C10H8N2O/c1-8(10(13)12-7-11)9-5-3-2-4-6-9/h2-6H,1H2,(H,12,13). The van der Waals surface area contributed by atoms with E-state index in [1.54, 1.807) is 30.5 Å². The summed E-state index contributed by atoms with van der Waals surface area (Å²) in [5.41, 5.74) is 1.01. The zero-order valence-electron chi connectivity index (χ0n) is 6.95. The van der Waals surface area contributed by atoms with Crippen molar-refractivity contribution in [2.45, 2.75) is 0 Å². The third-order valence-electron chi connectivity index (χ3n) is 1.57. The Bertz CT molecular complexity index is 362. The number of nitrogens with one attached hydrogen (secondary N) is 1. The molecule has 0 bridgehead atoms. The van der Waals surface area contributed by atoms with Crippen molar-refractivity contribution >= 4 is 11.5 Å². The summed E-state index contributed by atoms with van der Waals surface area (Å²) in [7, 11) is 0. The average molecular weight is 172 g/mol. The number of carbonyl (C=O) groups excluding carboxylic acids is 1. The van der Waals surface area contributed by atoms with Crippen LogP contribution in [-0.2, 0) is 4.79 Å². The van der Waals surface area contributed by atoms with E-state index in [1.807, 2.05) is 11.4 Å². The summed E-state index contributed by atoms with van der Waals surface area (Å²) in [5, 5.41) is 10.2. The van der Waals surface area contributed by atoms with E-state index in [2.05, 4.69) is 6.58 Å². The van der Waals surface area contributed by atoms with Gasteiger partial charge in [-0.15, -0.1) is 0 Å². The van der Waals surface area contributed by atoms with Crippen molar-refractivity contribution in [2.24, 2.45) is 0 Å². The van der Waals surface area contributed by atoms with Gasteiger partial charge >= 0.3 is 0 Å². The van der Waals surface area contributed by atoms with Gasteiger partial charge in [0, 0.05) is 5.57 Å². The van der Waals surface area contributed by atoms with Crippen LogP contribution in [0.25, 0.3) is 5.57 Å². The third kappa shape index (κ3) is 2.17. The van der Waals surface area contributed by atoms with Gasteiger partial charge in [0.15, 0.2) is 6.19 Å². The molecule has 0 aliphatic rings. The number of hydrogen-bond acceptors (Lipinski definition) is 2. The molecule has 0 aliphatic carbocycles. The molecule has 0 saturated heterocycles. The first-order valence-corrected chi connectivity index (χ1v) is 3.69. The second-order valence-corrected chi connectivity index (χ2v) is 2.41. The Morgan fingerprint density at radius 3 is 2.54 bits per heavy atom. The van der Waals surface area contributed by atoms with Gasteiger partial charge < -0.3 is 0 Å². The molecule has 0 spiro atoms. The molecule has 1 amide bonds. The summed E-state index contributed by atoms with van der Waals surface area (Å²) >= 11 is 0. The van der Waals surface area contributed by atoms with Crippen LogP contribution in [0, 0.1) is 11.5 Å². The number of amides is 1. The maximum absolute atomic E-state index is 11.1. The van der Waals surface area contributed by atoms with Crippen molar-refractivity contribution in [3.8, 4) is 6.19 Å². The van der Waals surface area contributed by atoms with E-state index in [9.17, 15) is 4.79 Å². The Balaban J connectivity index is 2.82. The fourth-order valence-electron chi connectivity index (χ4n) is 0.897. The second kappa shape index (κ2) is 4.07. The molecule has 0 saturated carbocycles. The average Bonchev–Trinajstić information content (AvgIpc) is 2.18. The van der Waals surface area contributed by atoms with E-state index in [0.29, 0.717) is 5.57 Å². The lowest BCUT2D eigenvalue weighted by Gasteiger charge is -2.01. The fourth-order valence-corrected chi connectivity index (χ4v) is 0.897. The minimum Gasteiger partial charge on any atom is -0.268 e. The normalized spacial score (nSPS) is 8.54. The first-order chi connectivity index (χ1) is 6.25. The summed E-state index contributed by atoms with van der Waals surface area (Å²) < 4.78 is 0. The Morgan fingerprint density at radius 2 is 2.00 bits per heavy atom. The van der Waals surface area contributed by atoms with Crippen LogP contribution < -0.4 is 5.32 Å². The molecule has 1 aromatic rings. The molecule has 1 rings (SSSR count). The molecule has 0 heterocycles. The van der Waals surface area contributed by atoms with Crippen LogP contribution in [-0.4, -0.2) is 5.91 Å². The number of benzene rings is 1. The molecule has 13 heavy (non-hydrogen) atoms. The quantitative estimate of drug-likeness (QED) is 0.415. The lowest BCUT2D eigenvalue weighted by Crippen LogP contribution is -2.17. The topological polar surface area (TPSA) is 52.9 Å². The van der Waals surface area contributed by atoms with Gasteiger partial charge in [0.1, 0.15) is 0 Å². The Kier molecular flexibility index (Phi) is 2.82. The summed E-state index contributed by atoms with van der Waals surface area (Å²) in [5.74, 6) is -0.464. The van der Waals surface area contributed by atoms with E-state index < -0.39 is 5.91 Å². The van der Waals surface area contributed by atoms with E-state index in [-0.39, 0.29) is 0 Å². The van der Waals surface area contributed by atoms with Crippen LogP contribution >= 0.6 is 0 Å². The van der Waals surface area contributed by atoms with Crippen molar-refractivity contribution in [3.05, 3.63) is 42.5 Å². The van der Waals surface area contributed by atoms with Gasteiger partial charge in [-0.2, -0.15) is 5.26 Å². The lowest BCUT2D eigenvalue weighted by molar-refractivity contribution is -0.114. The molecule has 0 unspecified atom stereocenters. The van der Waals surface area contributed by atoms with Gasteiger partial charge in [-0.3, -0.25) is 10.1 Å². The highest BCUT2D eigenvalue weighted by atomic mass is 16.1. The molecular weight excluding hydrogens is 164 g/mol.